The van der Waals surface area contributed by atoms with E-state index in [0.717, 1.165) is 78.5 Å². The van der Waals surface area contributed by atoms with E-state index in [1.807, 2.05) is 12.1 Å². The minimum atomic E-state index is -0.210. The summed E-state index contributed by atoms with van der Waals surface area (Å²) in [6.45, 7) is 10.8. The third-order valence-electron chi connectivity index (χ3n) is 10.7. The first kappa shape index (κ1) is 34.4. The Morgan fingerprint density at radius 1 is 0.510 bits per heavy atom. The van der Waals surface area contributed by atoms with Crippen LogP contribution in [0.1, 0.15) is 71.6 Å². The van der Waals surface area contributed by atoms with Gasteiger partial charge in [0.1, 0.15) is 11.6 Å². The molecular formula is C48H47F2N. The Kier molecular flexibility index (Phi) is 9.91. The minimum Gasteiger partial charge on any atom is -0.309 e. The van der Waals surface area contributed by atoms with Gasteiger partial charge in [0.05, 0.1) is 11.0 Å². The Bertz CT molecular complexity index is 2320. The number of aromatic nitrogens is 1. The van der Waals surface area contributed by atoms with E-state index < -0.39 is 0 Å². The summed E-state index contributed by atoms with van der Waals surface area (Å²) in [5, 5.41) is 2.46. The lowest BCUT2D eigenvalue weighted by molar-refractivity contribution is 0.621. The highest BCUT2D eigenvalue weighted by molar-refractivity contribution is 6.09. The molecule has 0 aliphatic heterocycles. The molecule has 6 aromatic carbocycles. The third-order valence-corrected chi connectivity index (χ3v) is 10.7. The quantitative estimate of drug-likeness (QED) is 0.120. The number of para-hydroxylation sites is 2. The van der Waals surface area contributed by atoms with Crippen LogP contribution in [0.3, 0.4) is 0 Å². The number of unbranched alkanes of at least 4 members (excludes halogenated alkanes) is 3. The lowest BCUT2D eigenvalue weighted by Gasteiger charge is -2.19. The molecule has 0 amide bonds. The number of rotatable bonds is 11. The van der Waals surface area contributed by atoms with E-state index in [4.69, 9.17) is 0 Å². The zero-order valence-electron chi connectivity index (χ0n) is 30.5. The predicted molar refractivity (Wildman–Crippen MR) is 212 cm³/mol. The molecule has 1 aromatic heterocycles. The second-order valence-corrected chi connectivity index (χ2v) is 14.3. The van der Waals surface area contributed by atoms with Crippen molar-refractivity contribution in [3.05, 3.63) is 160 Å². The summed E-state index contributed by atoms with van der Waals surface area (Å²) in [5.74, 6) is -0.394. The molecule has 0 saturated heterocycles. The Hall–Kier alpha value is -5.02. The Morgan fingerprint density at radius 2 is 1.02 bits per heavy atom. The SMILES string of the molecule is CCc1c(C)cc(C)cc1-c1cc(F)ccc1CCCCCCc1ccc(F)cc1-c1cc(C)cc(-n2c3ccccc3c3ccccc32)c1C. The van der Waals surface area contributed by atoms with E-state index in [-0.39, 0.29) is 11.6 Å². The van der Waals surface area contributed by atoms with Crippen LogP contribution in [0.4, 0.5) is 8.78 Å². The number of fused-ring (bicyclic) bond motifs is 3. The van der Waals surface area contributed by atoms with Crippen molar-refractivity contribution in [1.29, 1.82) is 0 Å². The van der Waals surface area contributed by atoms with Gasteiger partial charge in [0.2, 0.25) is 0 Å². The standard InChI is InChI=1S/C48H47F2N/c1-6-39-33(4)25-31(2)27-45(39)44-30-38(50)24-22-36(44)16-10-8-7-9-15-35-21-23-37(49)29-43(35)42-26-32(3)28-48(34(42)5)51-46-19-13-11-17-40(46)41-18-12-14-20-47(41)51/h11-14,17-30H,6-10,15-16H2,1-5H3. The highest BCUT2D eigenvalue weighted by atomic mass is 19.1. The van der Waals surface area contributed by atoms with E-state index in [1.54, 1.807) is 24.3 Å². The summed E-state index contributed by atoms with van der Waals surface area (Å²) >= 11 is 0. The fraction of sp³-hybridized carbons (Fsp3) is 0.250. The molecule has 0 aliphatic rings. The Morgan fingerprint density at radius 3 is 1.59 bits per heavy atom. The number of hydrogen-bond acceptors (Lipinski definition) is 0. The van der Waals surface area contributed by atoms with Crippen LogP contribution >= 0.6 is 0 Å². The van der Waals surface area contributed by atoms with Crippen LogP contribution in [0.5, 0.6) is 0 Å². The first-order chi connectivity index (χ1) is 24.7. The fourth-order valence-electron chi connectivity index (χ4n) is 8.26. The van der Waals surface area contributed by atoms with Crippen molar-refractivity contribution >= 4 is 21.8 Å². The molecule has 0 spiro atoms. The summed E-state index contributed by atoms with van der Waals surface area (Å²) in [7, 11) is 0. The van der Waals surface area contributed by atoms with Crippen LogP contribution in [-0.2, 0) is 19.3 Å². The van der Waals surface area contributed by atoms with E-state index in [1.165, 1.54) is 55.2 Å². The molecule has 0 bridgehead atoms. The topological polar surface area (TPSA) is 4.93 Å². The van der Waals surface area contributed by atoms with Gasteiger partial charge in [-0.25, -0.2) is 8.78 Å². The molecule has 1 nitrogen and oxygen atoms in total. The highest BCUT2D eigenvalue weighted by Crippen LogP contribution is 2.38. The average Bonchev–Trinajstić information content (AvgIpc) is 3.45. The van der Waals surface area contributed by atoms with Crippen LogP contribution in [-0.4, -0.2) is 4.57 Å². The second-order valence-electron chi connectivity index (χ2n) is 14.3. The van der Waals surface area contributed by atoms with Crippen molar-refractivity contribution < 1.29 is 8.78 Å². The first-order valence-electron chi connectivity index (χ1n) is 18.5. The van der Waals surface area contributed by atoms with Gasteiger partial charge in [0.15, 0.2) is 0 Å². The monoisotopic (exact) mass is 675 g/mol. The molecule has 0 atom stereocenters. The molecule has 0 unspecified atom stereocenters. The smallest absolute Gasteiger partial charge is 0.123 e. The summed E-state index contributed by atoms with van der Waals surface area (Å²) < 4.78 is 31.9. The molecule has 0 fully saturated rings. The van der Waals surface area contributed by atoms with Gasteiger partial charge in [0, 0.05) is 16.5 Å². The van der Waals surface area contributed by atoms with Crippen LogP contribution in [0.2, 0.25) is 0 Å². The van der Waals surface area contributed by atoms with Gasteiger partial charge >= 0.3 is 0 Å². The number of hydrogen-bond donors (Lipinski definition) is 0. The van der Waals surface area contributed by atoms with Gasteiger partial charge in [-0.05, 0) is 158 Å². The van der Waals surface area contributed by atoms with Gasteiger partial charge in [-0.15, -0.1) is 0 Å². The zero-order valence-corrected chi connectivity index (χ0v) is 30.5. The van der Waals surface area contributed by atoms with Crippen LogP contribution < -0.4 is 0 Å². The summed E-state index contributed by atoms with van der Waals surface area (Å²) in [6.07, 6.45) is 6.96. The molecule has 0 N–H and O–H groups in total. The lowest BCUT2D eigenvalue weighted by Crippen LogP contribution is -2.02. The fourth-order valence-corrected chi connectivity index (χ4v) is 8.26. The number of nitrogens with zero attached hydrogens (tertiary/aromatic N) is 1. The van der Waals surface area contributed by atoms with E-state index >= 15 is 0 Å². The van der Waals surface area contributed by atoms with Gasteiger partial charge in [-0.2, -0.15) is 0 Å². The predicted octanol–water partition coefficient (Wildman–Crippen LogP) is 13.5. The maximum absolute atomic E-state index is 14.9. The number of halogens is 2. The van der Waals surface area contributed by atoms with Crippen molar-refractivity contribution in [2.75, 3.05) is 0 Å². The normalized spacial score (nSPS) is 11.6. The van der Waals surface area contributed by atoms with Crippen molar-refractivity contribution in [2.45, 2.75) is 79.6 Å². The molecule has 0 radical (unpaired) electrons. The van der Waals surface area contributed by atoms with Crippen LogP contribution in [0.25, 0.3) is 49.7 Å². The summed E-state index contributed by atoms with van der Waals surface area (Å²) in [4.78, 5) is 0. The van der Waals surface area contributed by atoms with Gasteiger partial charge in [0.25, 0.3) is 0 Å². The van der Waals surface area contributed by atoms with E-state index in [2.05, 4.69) is 112 Å². The summed E-state index contributed by atoms with van der Waals surface area (Å²) in [5.41, 5.74) is 16.2. The van der Waals surface area contributed by atoms with Crippen molar-refractivity contribution in [3.8, 4) is 27.9 Å². The van der Waals surface area contributed by atoms with Crippen molar-refractivity contribution in [2.24, 2.45) is 0 Å². The van der Waals surface area contributed by atoms with Crippen molar-refractivity contribution in [1.82, 2.24) is 4.57 Å². The average molecular weight is 676 g/mol. The molecule has 7 rings (SSSR count). The first-order valence-corrected chi connectivity index (χ1v) is 18.5. The van der Waals surface area contributed by atoms with Gasteiger partial charge in [-0.3, -0.25) is 0 Å². The Balaban J connectivity index is 1.10. The minimum absolute atomic E-state index is 0.184. The third kappa shape index (κ3) is 6.87. The molecule has 1 heterocycles. The van der Waals surface area contributed by atoms with E-state index in [0.29, 0.717) is 0 Å². The molecular weight excluding hydrogens is 629 g/mol. The largest absolute Gasteiger partial charge is 0.309 e. The van der Waals surface area contributed by atoms with Gasteiger partial charge < -0.3 is 4.57 Å². The van der Waals surface area contributed by atoms with E-state index in [9.17, 15) is 8.78 Å². The summed E-state index contributed by atoms with van der Waals surface area (Å²) in [6, 6.07) is 36.7. The van der Waals surface area contributed by atoms with Crippen molar-refractivity contribution in [3.63, 3.8) is 0 Å². The molecule has 7 aromatic rings. The second kappa shape index (κ2) is 14.7. The molecule has 0 aliphatic carbocycles. The zero-order chi connectivity index (χ0) is 35.6. The van der Waals surface area contributed by atoms with Crippen LogP contribution in [0.15, 0.2) is 109 Å². The number of benzene rings is 6. The Labute approximate surface area is 301 Å². The molecule has 258 valence electrons. The molecule has 51 heavy (non-hydrogen) atoms. The molecule has 3 heteroatoms. The maximum atomic E-state index is 14.9. The van der Waals surface area contributed by atoms with Gasteiger partial charge in [-0.1, -0.05) is 92.1 Å². The lowest BCUT2D eigenvalue weighted by atomic mass is 9.88. The molecule has 0 saturated carbocycles. The maximum Gasteiger partial charge on any atom is 0.123 e. The number of aryl methyl sites for hydroxylation is 5. The van der Waals surface area contributed by atoms with Crippen LogP contribution in [0, 0.1) is 39.3 Å². The highest BCUT2D eigenvalue weighted by Gasteiger charge is 2.18.